The molecule has 166 valence electrons. The Morgan fingerprint density at radius 1 is 1.29 bits per heavy atom. The van der Waals surface area contributed by atoms with Gasteiger partial charge in [-0.25, -0.2) is 4.39 Å². The zero-order chi connectivity index (χ0) is 22.9. The van der Waals surface area contributed by atoms with Crippen molar-refractivity contribution in [2.75, 3.05) is 0 Å². The van der Waals surface area contributed by atoms with Crippen molar-refractivity contribution in [1.82, 2.24) is 20.5 Å². The zero-order valence-electron chi connectivity index (χ0n) is 16.8. The number of aliphatic hydroxyl groups is 1. The normalized spacial score (nSPS) is 21.2. The number of carbonyl (C=O) groups is 1. The third-order valence-electron chi connectivity index (χ3n) is 4.96. The average Bonchev–Trinajstić information content (AvgIpc) is 3.14. The summed E-state index contributed by atoms with van der Waals surface area (Å²) in [6, 6.07) is 1.75. The van der Waals surface area contributed by atoms with E-state index in [1.54, 1.807) is 20.8 Å². The number of alkyl halides is 3. The van der Waals surface area contributed by atoms with Gasteiger partial charge >= 0.3 is 6.18 Å². The molecule has 0 bridgehead atoms. The van der Waals surface area contributed by atoms with Crippen molar-refractivity contribution < 1.29 is 31.9 Å². The lowest BCUT2D eigenvalue weighted by molar-refractivity contribution is -0.190. The van der Waals surface area contributed by atoms with Crippen LogP contribution in [0.15, 0.2) is 46.0 Å². The van der Waals surface area contributed by atoms with Gasteiger partial charge in [-0.2, -0.15) is 13.2 Å². The molecule has 2 N–H and O–H groups in total. The fourth-order valence-corrected chi connectivity index (χ4v) is 3.29. The maximum absolute atomic E-state index is 13.3. The first kappa shape index (κ1) is 22.6. The first-order valence-corrected chi connectivity index (χ1v) is 9.37. The van der Waals surface area contributed by atoms with E-state index in [0.29, 0.717) is 5.89 Å². The highest BCUT2D eigenvalue weighted by molar-refractivity contribution is 5.95. The predicted octanol–water partition coefficient (Wildman–Crippen LogP) is 3.30. The Morgan fingerprint density at radius 3 is 2.55 bits per heavy atom. The van der Waals surface area contributed by atoms with Crippen LogP contribution in [0.5, 0.6) is 0 Å². The van der Waals surface area contributed by atoms with Crippen LogP contribution in [-0.4, -0.2) is 38.5 Å². The Hall–Kier alpha value is -3.08. The molecule has 11 heteroatoms. The van der Waals surface area contributed by atoms with E-state index in [2.05, 4.69) is 20.5 Å². The summed E-state index contributed by atoms with van der Waals surface area (Å²) in [4.78, 5) is 16.8. The van der Waals surface area contributed by atoms with Crippen LogP contribution < -0.4 is 5.32 Å². The lowest BCUT2D eigenvalue weighted by Crippen LogP contribution is -2.36. The van der Waals surface area contributed by atoms with E-state index in [0.717, 1.165) is 18.3 Å². The number of hydrogen-bond donors (Lipinski definition) is 2. The maximum atomic E-state index is 13.3. The van der Waals surface area contributed by atoms with Crippen molar-refractivity contribution in [3.05, 3.63) is 64.9 Å². The molecule has 0 saturated carbocycles. The van der Waals surface area contributed by atoms with Crippen LogP contribution in [0.25, 0.3) is 0 Å². The van der Waals surface area contributed by atoms with Gasteiger partial charge in [-0.15, -0.1) is 10.2 Å². The Kier molecular flexibility index (Phi) is 6.25. The molecule has 0 radical (unpaired) electrons. The lowest BCUT2D eigenvalue weighted by atomic mass is 9.77. The van der Waals surface area contributed by atoms with Crippen molar-refractivity contribution in [3.63, 3.8) is 0 Å². The van der Waals surface area contributed by atoms with Gasteiger partial charge in [-0.3, -0.25) is 9.78 Å². The van der Waals surface area contributed by atoms with Crippen LogP contribution in [0.4, 0.5) is 17.6 Å². The fraction of sp³-hybridized carbons (Fsp3) is 0.400. The molecule has 2 aromatic heterocycles. The Bertz CT molecular complexity index is 1010. The molecule has 0 saturated heterocycles. The van der Waals surface area contributed by atoms with E-state index in [4.69, 9.17) is 4.42 Å². The maximum Gasteiger partial charge on any atom is 0.418 e. The van der Waals surface area contributed by atoms with Gasteiger partial charge in [0.2, 0.25) is 17.7 Å². The molecule has 0 aliphatic heterocycles. The molecule has 31 heavy (non-hydrogen) atoms. The Labute approximate surface area is 174 Å². The summed E-state index contributed by atoms with van der Waals surface area (Å²) in [5.74, 6) is -2.25. The average molecular weight is 440 g/mol. The number of carbonyl (C=O) groups excluding carboxylic acids is 1. The molecule has 3 unspecified atom stereocenters. The number of halogens is 4. The predicted molar refractivity (Wildman–Crippen MR) is 99.9 cm³/mol. The number of allylic oxidation sites excluding steroid dienone is 1. The molecule has 0 aromatic carbocycles. The molecule has 1 aliphatic carbocycles. The third-order valence-corrected chi connectivity index (χ3v) is 4.96. The van der Waals surface area contributed by atoms with Crippen molar-refractivity contribution in [2.24, 2.45) is 5.92 Å². The van der Waals surface area contributed by atoms with E-state index < -0.39 is 47.5 Å². The van der Waals surface area contributed by atoms with Crippen molar-refractivity contribution in [1.29, 1.82) is 0 Å². The fourth-order valence-electron chi connectivity index (χ4n) is 3.29. The smallest absolute Gasteiger partial charge is 0.418 e. The van der Waals surface area contributed by atoms with Crippen LogP contribution in [0, 0.1) is 18.7 Å². The topological polar surface area (TPSA) is 101 Å². The van der Waals surface area contributed by atoms with Gasteiger partial charge in [0.1, 0.15) is 11.9 Å². The largest absolute Gasteiger partial charge is 0.423 e. The molecule has 7 nitrogen and oxygen atoms in total. The monoisotopic (exact) mass is 440 g/mol. The number of nitrogens with one attached hydrogen (secondary N) is 1. The number of nitrogens with zero attached hydrogens (tertiary/aromatic N) is 3. The van der Waals surface area contributed by atoms with E-state index in [9.17, 15) is 27.5 Å². The highest BCUT2D eigenvalue weighted by Crippen LogP contribution is 2.39. The number of pyridine rings is 1. The summed E-state index contributed by atoms with van der Waals surface area (Å²) in [5.41, 5.74) is -0.229. The second kappa shape index (κ2) is 8.58. The standard InChI is InChI=1S/C20H20F4N4O3/c1-9-14(16-5-4-13(21)8-25-16)6-12(17(29)20(22,23)24)7-15(9)18(30)26-10(2)19-28-27-11(3)31-19/h4-10,14,17,29H,1-3H3,(H,26,30)/t9?,10-,14?,17?/m1/s1. The lowest BCUT2D eigenvalue weighted by Gasteiger charge is -2.30. The summed E-state index contributed by atoms with van der Waals surface area (Å²) in [5, 5.41) is 19.9. The van der Waals surface area contributed by atoms with E-state index in [1.807, 2.05) is 0 Å². The minimum Gasteiger partial charge on any atom is -0.423 e. The second-order valence-corrected chi connectivity index (χ2v) is 7.28. The molecule has 0 fully saturated rings. The Morgan fingerprint density at radius 2 is 2.00 bits per heavy atom. The highest BCUT2D eigenvalue weighted by atomic mass is 19.4. The van der Waals surface area contributed by atoms with Crippen molar-refractivity contribution in [3.8, 4) is 0 Å². The number of hydrogen-bond acceptors (Lipinski definition) is 6. The molecule has 4 atom stereocenters. The highest BCUT2D eigenvalue weighted by Gasteiger charge is 2.43. The summed E-state index contributed by atoms with van der Waals surface area (Å²) in [7, 11) is 0. The summed E-state index contributed by atoms with van der Waals surface area (Å²) in [6.45, 7) is 4.79. The van der Waals surface area contributed by atoms with Gasteiger partial charge in [0, 0.05) is 24.1 Å². The van der Waals surface area contributed by atoms with Crippen LogP contribution in [0.1, 0.15) is 43.3 Å². The molecule has 0 spiro atoms. The number of aryl methyl sites for hydroxylation is 1. The van der Waals surface area contributed by atoms with Crippen molar-refractivity contribution in [2.45, 2.75) is 45.0 Å². The SMILES string of the molecule is Cc1nnc([C@@H](C)NC(=O)C2=CC(C(O)C(F)(F)F)=CC(c3ccc(F)cn3)C2C)o1. The molecule has 1 amide bonds. The molecule has 2 heterocycles. The number of rotatable bonds is 5. The minimum atomic E-state index is -4.93. The first-order valence-electron chi connectivity index (χ1n) is 9.37. The minimum absolute atomic E-state index is 0.0000113. The molecular formula is C20H20F4N4O3. The van der Waals surface area contributed by atoms with Crippen molar-refractivity contribution >= 4 is 5.91 Å². The van der Waals surface area contributed by atoms with Crippen LogP contribution in [-0.2, 0) is 4.79 Å². The molecule has 2 aromatic rings. The van der Waals surface area contributed by atoms with Gasteiger partial charge in [-0.1, -0.05) is 13.0 Å². The van der Waals surface area contributed by atoms with Gasteiger partial charge in [0.05, 0.1) is 6.20 Å². The zero-order valence-corrected chi connectivity index (χ0v) is 16.8. The first-order chi connectivity index (χ1) is 14.5. The molecule has 3 rings (SSSR count). The number of amides is 1. The van der Waals surface area contributed by atoms with Gasteiger partial charge in [0.15, 0.2) is 6.10 Å². The van der Waals surface area contributed by atoms with Gasteiger partial charge in [-0.05, 0) is 36.6 Å². The molecular weight excluding hydrogens is 420 g/mol. The van der Waals surface area contributed by atoms with E-state index in [-0.39, 0.29) is 17.2 Å². The molecule has 1 aliphatic rings. The van der Waals surface area contributed by atoms with Gasteiger partial charge < -0.3 is 14.8 Å². The van der Waals surface area contributed by atoms with Crippen LogP contribution in [0.2, 0.25) is 0 Å². The summed E-state index contributed by atoms with van der Waals surface area (Å²) in [6.07, 6.45) is -4.57. The van der Waals surface area contributed by atoms with Crippen LogP contribution in [0.3, 0.4) is 0 Å². The van der Waals surface area contributed by atoms with E-state index in [1.165, 1.54) is 12.1 Å². The van der Waals surface area contributed by atoms with Crippen LogP contribution >= 0.6 is 0 Å². The summed E-state index contributed by atoms with van der Waals surface area (Å²) >= 11 is 0. The summed E-state index contributed by atoms with van der Waals surface area (Å²) < 4.78 is 58.0. The third kappa shape index (κ3) is 4.98. The van der Waals surface area contributed by atoms with E-state index >= 15 is 0 Å². The quantitative estimate of drug-likeness (QED) is 0.692. The number of aromatic nitrogens is 3. The second-order valence-electron chi connectivity index (χ2n) is 7.28. The number of aliphatic hydroxyl groups excluding tert-OH is 1. The van der Waals surface area contributed by atoms with Gasteiger partial charge in [0.25, 0.3) is 0 Å². The Balaban J connectivity index is 1.94.